The third-order valence-electron chi connectivity index (χ3n) is 3.09. The highest BCUT2D eigenvalue weighted by atomic mass is 32.1. The number of thiophene rings is 1. The van der Waals surface area contributed by atoms with Crippen LogP contribution >= 0.6 is 11.3 Å². The monoisotopic (exact) mass is 357 g/mol. The fourth-order valence-electron chi connectivity index (χ4n) is 1.84. The molecule has 1 aromatic carbocycles. The van der Waals surface area contributed by atoms with Gasteiger partial charge in [0.25, 0.3) is 5.91 Å². The summed E-state index contributed by atoms with van der Waals surface area (Å²) in [6, 6.07) is 5.78. The minimum atomic E-state index is -4.44. The van der Waals surface area contributed by atoms with E-state index >= 15 is 0 Å². The van der Waals surface area contributed by atoms with Crippen molar-refractivity contribution in [2.45, 2.75) is 25.6 Å². The number of carbonyl (C=O) groups is 2. The van der Waals surface area contributed by atoms with Crippen LogP contribution in [0.1, 0.15) is 18.1 Å². The Morgan fingerprint density at radius 1 is 1.21 bits per heavy atom. The summed E-state index contributed by atoms with van der Waals surface area (Å²) < 4.78 is 42.4. The van der Waals surface area contributed by atoms with Gasteiger partial charge in [-0.3, -0.25) is 9.59 Å². The third kappa shape index (κ3) is 5.09. The topological polar surface area (TPSA) is 55.4 Å². The van der Waals surface area contributed by atoms with Gasteiger partial charge in [0.05, 0.1) is 12.0 Å². The van der Waals surface area contributed by atoms with Crippen LogP contribution in [0.5, 0.6) is 0 Å². The van der Waals surface area contributed by atoms with Crippen molar-refractivity contribution in [3.63, 3.8) is 0 Å². The molecule has 0 spiro atoms. The van der Waals surface area contributed by atoms with Crippen LogP contribution in [0.15, 0.2) is 41.1 Å². The van der Waals surface area contributed by atoms with Gasteiger partial charge < -0.3 is 10.1 Å². The Kier molecular flexibility index (Phi) is 5.61. The summed E-state index contributed by atoms with van der Waals surface area (Å²) in [4.78, 5) is 23.6. The molecule has 2 aromatic rings. The van der Waals surface area contributed by atoms with Crippen LogP contribution in [0.3, 0.4) is 0 Å². The number of halogens is 3. The lowest BCUT2D eigenvalue weighted by atomic mass is 10.2. The van der Waals surface area contributed by atoms with Gasteiger partial charge in [0.1, 0.15) is 0 Å². The van der Waals surface area contributed by atoms with E-state index in [1.54, 1.807) is 11.4 Å². The van der Waals surface area contributed by atoms with E-state index in [1.807, 2.05) is 5.38 Å². The molecule has 0 unspecified atom stereocenters. The number of hydrogen-bond donors (Lipinski definition) is 1. The van der Waals surface area contributed by atoms with Crippen molar-refractivity contribution in [3.05, 3.63) is 52.2 Å². The molecule has 8 heteroatoms. The van der Waals surface area contributed by atoms with Crippen LogP contribution in [0.25, 0.3) is 0 Å². The Morgan fingerprint density at radius 3 is 2.42 bits per heavy atom. The zero-order chi connectivity index (χ0) is 17.7. The molecule has 0 aliphatic heterocycles. The minimum absolute atomic E-state index is 0.0569. The standard InChI is InChI=1S/C16H14F3NO3S/c1-10(23-14(21)8-11-6-7-24-9-11)15(22)20-13-4-2-12(3-5-13)16(17,18)19/h2-7,9-10H,8H2,1H3,(H,20,22)/t10-/m0/s1. The number of nitrogens with one attached hydrogen (secondary N) is 1. The Balaban J connectivity index is 1.88. The van der Waals surface area contributed by atoms with Crippen LogP contribution in [0, 0.1) is 0 Å². The molecule has 0 fully saturated rings. The van der Waals surface area contributed by atoms with Crippen LogP contribution in [-0.4, -0.2) is 18.0 Å². The largest absolute Gasteiger partial charge is 0.452 e. The van der Waals surface area contributed by atoms with E-state index < -0.39 is 29.7 Å². The van der Waals surface area contributed by atoms with E-state index in [4.69, 9.17) is 4.74 Å². The fraction of sp³-hybridized carbons (Fsp3) is 0.250. The smallest absolute Gasteiger partial charge is 0.416 e. The van der Waals surface area contributed by atoms with Crippen molar-refractivity contribution in [3.8, 4) is 0 Å². The van der Waals surface area contributed by atoms with Gasteiger partial charge in [-0.1, -0.05) is 0 Å². The van der Waals surface area contributed by atoms with Gasteiger partial charge in [0.15, 0.2) is 6.10 Å². The summed E-state index contributed by atoms with van der Waals surface area (Å²) in [5, 5.41) is 6.03. The summed E-state index contributed by atoms with van der Waals surface area (Å²) >= 11 is 1.44. The van der Waals surface area contributed by atoms with Gasteiger partial charge in [-0.25, -0.2) is 0 Å². The summed E-state index contributed by atoms with van der Waals surface area (Å²) in [5.74, 6) is -1.17. The Bertz CT molecular complexity index is 696. The predicted molar refractivity (Wildman–Crippen MR) is 83.7 cm³/mol. The Labute approximate surface area is 140 Å². The summed E-state index contributed by atoms with van der Waals surface area (Å²) in [5.41, 5.74) is 0.171. The lowest BCUT2D eigenvalue weighted by molar-refractivity contribution is -0.152. The molecule has 1 aromatic heterocycles. The second-order valence-corrected chi connectivity index (χ2v) is 5.78. The molecule has 128 valence electrons. The molecule has 1 heterocycles. The molecule has 0 aliphatic carbocycles. The van der Waals surface area contributed by atoms with Crippen molar-refractivity contribution in [2.24, 2.45) is 0 Å². The number of hydrogen-bond acceptors (Lipinski definition) is 4. The minimum Gasteiger partial charge on any atom is -0.452 e. The SMILES string of the molecule is C[C@H](OC(=O)Cc1ccsc1)C(=O)Nc1ccc(C(F)(F)F)cc1. The first-order chi connectivity index (χ1) is 11.3. The number of esters is 1. The normalized spacial score (nSPS) is 12.5. The van der Waals surface area contributed by atoms with Crippen LogP contribution in [0.4, 0.5) is 18.9 Å². The first kappa shape index (κ1) is 18.0. The van der Waals surface area contributed by atoms with Crippen molar-refractivity contribution in [1.82, 2.24) is 0 Å². The summed E-state index contributed by atoms with van der Waals surface area (Å²) in [7, 11) is 0. The molecule has 0 aliphatic rings. The van der Waals surface area contributed by atoms with E-state index in [2.05, 4.69) is 5.32 Å². The van der Waals surface area contributed by atoms with Gasteiger partial charge >= 0.3 is 12.1 Å². The second kappa shape index (κ2) is 7.48. The Morgan fingerprint density at radius 2 is 1.88 bits per heavy atom. The first-order valence-corrected chi connectivity index (χ1v) is 7.88. The van der Waals surface area contributed by atoms with E-state index in [1.165, 1.54) is 18.3 Å². The molecule has 1 atom stereocenters. The predicted octanol–water partition coefficient (Wildman–Crippen LogP) is 3.88. The number of carbonyl (C=O) groups excluding carboxylic acids is 2. The van der Waals surface area contributed by atoms with Gasteiger partial charge in [0.2, 0.25) is 0 Å². The summed E-state index contributed by atoms with van der Waals surface area (Å²) in [6.07, 6.45) is -5.44. The van der Waals surface area contributed by atoms with Gasteiger partial charge in [-0.2, -0.15) is 24.5 Å². The number of amides is 1. The molecule has 0 saturated heterocycles. The molecule has 2 rings (SSSR count). The molecule has 4 nitrogen and oxygen atoms in total. The van der Waals surface area contributed by atoms with E-state index in [0.717, 1.165) is 29.8 Å². The lowest BCUT2D eigenvalue weighted by Gasteiger charge is -2.14. The van der Waals surface area contributed by atoms with Crippen molar-refractivity contribution in [2.75, 3.05) is 5.32 Å². The van der Waals surface area contributed by atoms with Gasteiger partial charge in [-0.05, 0) is 53.6 Å². The average Bonchev–Trinajstić information content (AvgIpc) is 2.99. The first-order valence-electron chi connectivity index (χ1n) is 6.94. The van der Waals surface area contributed by atoms with Crippen molar-refractivity contribution < 1.29 is 27.5 Å². The number of rotatable bonds is 5. The molecule has 0 bridgehead atoms. The van der Waals surface area contributed by atoms with Crippen molar-refractivity contribution >= 4 is 28.9 Å². The molecule has 0 radical (unpaired) electrons. The quantitative estimate of drug-likeness (QED) is 0.827. The van der Waals surface area contributed by atoms with Gasteiger partial charge in [0, 0.05) is 5.69 Å². The maximum absolute atomic E-state index is 12.5. The molecule has 1 amide bonds. The highest BCUT2D eigenvalue weighted by molar-refractivity contribution is 7.07. The zero-order valence-electron chi connectivity index (χ0n) is 12.6. The van der Waals surface area contributed by atoms with E-state index in [0.29, 0.717) is 0 Å². The highest BCUT2D eigenvalue weighted by Gasteiger charge is 2.30. The number of ether oxygens (including phenoxy) is 1. The molecular formula is C16H14F3NO3S. The van der Waals surface area contributed by atoms with E-state index in [-0.39, 0.29) is 12.1 Å². The maximum atomic E-state index is 12.5. The highest BCUT2D eigenvalue weighted by Crippen LogP contribution is 2.29. The molecule has 0 saturated carbocycles. The van der Waals surface area contributed by atoms with Crippen molar-refractivity contribution in [1.29, 1.82) is 0 Å². The van der Waals surface area contributed by atoms with Gasteiger partial charge in [-0.15, -0.1) is 0 Å². The molecular weight excluding hydrogens is 343 g/mol. The van der Waals surface area contributed by atoms with Crippen LogP contribution < -0.4 is 5.32 Å². The maximum Gasteiger partial charge on any atom is 0.416 e. The molecule has 24 heavy (non-hydrogen) atoms. The number of benzene rings is 1. The second-order valence-electron chi connectivity index (χ2n) is 5.00. The fourth-order valence-corrected chi connectivity index (χ4v) is 2.51. The van der Waals surface area contributed by atoms with Crippen LogP contribution in [-0.2, 0) is 26.9 Å². The average molecular weight is 357 g/mol. The van der Waals surface area contributed by atoms with E-state index in [9.17, 15) is 22.8 Å². The lowest BCUT2D eigenvalue weighted by Crippen LogP contribution is -2.30. The molecule has 1 N–H and O–H groups in total. The Hall–Kier alpha value is -2.35. The zero-order valence-corrected chi connectivity index (χ0v) is 13.4. The number of anilines is 1. The third-order valence-corrected chi connectivity index (χ3v) is 3.82. The van der Waals surface area contributed by atoms with Crippen LogP contribution in [0.2, 0.25) is 0 Å². The summed E-state index contributed by atoms with van der Waals surface area (Å²) in [6.45, 7) is 1.39. The number of alkyl halides is 3.